The second kappa shape index (κ2) is 6.41. The quantitative estimate of drug-likeness (QED) is 0.546. The molecule has 0 saturated heterocycles. The normalized spacial score (nSPS) is 10.8. The van der Waals surface area contributed by atoms with E-state index in [0.29, 0.717) is 0 Å². The van der Waals surface area contributed by atoms with Gasteiger partial charge in [0.1, 0.15) is 0 Å². The molecule has 0 unspecified atom stereocenters. The van der Waals surface area contributed by atoms with E-state index in [-0.39, 0.29) is 6.03 Å². The number of para-hydroxylation sites is 1. The number of carbonyl (C=O) groups excluding carboxylic acids is 1. The Morgan fingerprint density at radius 1 is 1.12 bits per heavy atom. The van der Waals surface area contributed by atoms with Crippen molar-refractivity contribution >= 4 is 33.7 Å². The van der Waals surface area contributed by atoms with Gasteiger partial charge in [0, 0.05) is 34.7 Å². The summed E-state index contributed by atoms with van der Waals surface area (Å²) >= 11 is 1.59. The topological polar surface area (TPSA) is 58.4 Å². The van der Waals surface area contributed by atoms with Crippen LogP contribution in [0, 0.1) is 6.92 Å². The monoisotopic (exact) mass is 348 g/mol. The van der Waals surface area contributed by atoms with E-state index in [0.717, 1.165) is 33.2 Å². The van der Waals surface area contributed by atoms with E-state index in [1.54, 1.807) is 11.3 Å². The molecular formula is C19H16N4OS. The Bertz CT molecular complexity index is 1020. The van der Waals surface area contributed by atoms with Gasteiger partial charge in [0.15, 0.2) is 4.96 Å². The predicted molar refractivity (Wildman–Crippen MR) is 102 cm³/mol. The van der Waals surface area contributed by atoms with Crippen molar-refractivity contribution in [3.8, 4) is 11.3 Å². The van der Waals surface area contributed by atoms with Crippen LogP contribution in [0.1, 0.15) is 5.56 Å². The van der Waals surface area contributed by atoms with Gasteiger partial charge >= 0.3 is 6.03 Å². The average molecular weight is 348 g/mol. The Kier molecular flexibility index (Phi) is 3.95. The highest BCUT2D eigenvalue weighted by Gasteiger charge is 2.08. The minimum atomic E-state index is -0.266. The van der Waals surface area contributed by atoms with Crippen LogP contribution in [-0.2, 0) is 0 Å². The Labute approximate surface area is 149 Å². The number of anilines is 2. The lowest BCUT2D eigenvalue weighted by Crippen LogP contribution is -2.19. The van der Waals surface area contributed by atoms with Crippen LogP contribution in [0.4, 0.5) is 16.2 Å². The summed E-state index contributed by atoms with van der Waals surface area (Å²) < 4.78 is 1.99. The van der Waals surface area contributed by atoms with Crippen LogP contribution >= 0.6 is 11.3 Å². The zero-order chi connectivity index (χ0) is 17.2. The maximum absolute atomic E-state index is 12.2. The summed E-state index contributed by atoms with van der Waals surface area (Å²) in [6, 6.07) is 15.1. The molecule has 2 heterocycles. The molecule has 0 aliphatic carbocycles. The van der Waals surface area contributed by atoms with Crippen LogP contribution < -0.4 is 10.6 Å². The molecule has 0 saturated carbocycles. The van der Waals surface area contributed by atoms with Crippen LogP contribution in [0.5, 0.6) is 0 Å². The van der Waals surface area contributed by atoms with Gasteiger partial charge in [-0.25, -0.2) is 9.78 Å². The van der Waals surface area contributed by atoms with E-state index in [4.69, 9.17) is 0 Å². The Morgan fingerprint density at radius 3 is 2.84 bits per heavy atom. The number of thiazole rings is 1. The number of rotatable bonds is 3. The van der Waals surface area contributed by atoms with Crippen molar-refractivity contribution in [2.75, 3.05) is 10.6 Å². The molecule has 4 rings (SSSR count). The molecule has 2 amide bonds. The molecule has 0 radical (unpaired) electrons. The molecule has 6 heteroatoms. The van der Waals surface area contributed by atoms with Crippen molar-refractivity contribution in [3.63, 3.8) is 0 Å². The van der Waals surface area contributed by atoms with E-state index in [2.05, 4.69) is 15.6 Å². The molecule has 0 fully saturated rings. The second-order valence-corrected chi connectivity index (χ2v) is 6.57. The first kappa shape index (κ1) is 15.4. The van der Waals surface area contributed by atoms with Crippen LogP contribution in [0.25, 0.3) is 16.2 Å². The van der Waals surface area contributed by atoms with Gasteiger partial charge in [-0.2, -0.15) is 0 Å². The molecule has 2 N–H and O–H groups in total. The molecule has 4 aromatic rings. The standard InChI is InChI=1S/C19H16N4OS/c1-13-5-2-3-8-16(13)21-18(24)20-15-7-4-6-14(11-15)17-12-23-9-10-25-19(23)22-17/h2-12H,1H3,(H2,20,21,24). The van der Waals surface area contributed by atoms with Gasteiger partial charge < -0.3 is 10.6 Å². The smallest absolute Gasteiger partial charge is 0.308 e. The summed E-state index contributed by atoms with van der Waals surface area (Å²) in [6.07, 6.45) is 3.96. The lowest BCUT2D eigenvalue weighted by Gasteiger charge is -2.10. The number of hydrogen-bond acceptors (Lipinski definition) is 3. The molecular weight excluding hydrogens is 332 g/mol. The van der Waals surface area contributed by atoms with Crippen molar-refractivity contribution < 1.29 is 4.79 Å². The number of benzene rings is 2. The van der Waals surface area contributed by atoms with Gasteiger partial charge in [-0.1, -0.05) is 30.3 Å². The number of nitrogens with one attached hydrogen (secondary N) is 2. The zero-order valence-corrected chi connectivity index (χ0v) is 14.4. The number of aryl methyl sites for hydroxylation is 1. The van der Waals surface area contributed by atoms with Gasteiger partial charge in [0.25, 0.3) is 0 Å². The molecule has 25 heavy (non-hydrogen) atoms. The highest BCUT2D eigenvalue weighted by Crippen LogP contribution is 2.24. The van der Waals surface area contributed by atoms with Gasteiger partial charge in [0.05, 0.1) is 5.69 Å². The Balaban J connectivity index is 1.52. The third-order valence-electron chi connectivity index (χ3n) is 3.90. The molecule has 0 spiro atoms. The van der Waals surface area contributed by atoms with E-state index in [1.165, 1.54) is 0 Å². The number of amides is 2. The number of carbonyl (C=O) groups is 1. The molecule has 0 aliphatic rings. The summed E-state index contributed by atoms with van der Waals surface area (Å²) in [5.41, 5.74) is 4.38. The molecule has 2 aromatic carbocycles. The SMILES string of the molecule is Cc1ccccc1NC(=O)Nc1cccc(-c2cn3ccsc3n2)c1. The van der Waals surface area contributed by atoms with Crippen LogP contribution in [0.3, 0.4) is 0 Å². The number of hydrogen-bond donors (Lipinski definition) is 2. The lowest BCUT2D eigenvalue weighted by molar-refractivity contribution is 0.262. The number of aromatic nitrogens is 2. The van der Waals surface area contributed by atoms with Crippen molar-refractivity contribution in [2.45, 2.75) is 6.92 Å². The molecule has 2 aromatic heterocycles. The molecule has 5 nitrogen and oxygen atoms in total. The fraction of sp³-hybridized carbons (Fsp3) is 0.0526. The number of fused-ring (bicyclic) bond motifs is 1. The van der Waals surface area contributed by atoms with Crippen LogP contribution in [0.2, 0.25) is 0 Å². The Morgan fingerprint density at radius 2 is 2.00 bits per heavy atom. The maximum Gasteiger partial charge on any atom is 0.323 e. The third-order valence-corrected chi connectivity index (χ3v) is 4.67. The first-order valence-electron chi connectivity index (χ1n) is 7.85. The highest BCUT2D eigenvalue weighted by molar-refractivity contribution is 7.15. The van der Waals surface area contributed by atoms with Gasteiger partial charge in [-0.05, 0) is 30.7 Å². The van der Waals surface area contributed by atoms with Crippen molar-refractivity contribution in [1.29, 1.82) is 0 Å². The first-order chi connectivity index (χ1) is 12.2. The zero-order valence-electron chi connectivity index (χ0n) is 13.6. The molecule has 0 bridgehead atoms. The molecule has 0 aliphatic heterocycles. The van der Waals surface area contributed by atoms with E-state index in [1.807, 2.05) is 77.6 Å². The summed E-state index contributed by atoms with van der Waals surface area (Å²) in [5, 5.41) is 7.74. The summed E-state index contributed by atoms with van der Waals surface area (Å²) in [7, 11) is 0. The van der Waals surface area contributed by atoms with Gasteiger partial charge in [0.2, 0.25) is 0 Å². The number of urea groups is 1. The van der Waals surface area contributed by atoms with Gasteiger partial charge in [-0.15, -0.1) is 11.3 Å². The summed E-state index contributed by atoms with van der Waals surface area (Å²) in [4.78, 5) is 17.8. The maximum atomic E-state index is 12.2. The van der Waals surface area contributed by atoms with E-state index >= 15 is 0 Å². The highest BCUT2D eigenvalue weighted by atomic mass is 32.1. The van der Waals surface area contributed by atoms with E-state index < -0.39 is 0 Å². The Hall–Kier alpha value is -3.12. The lowest BCUT2D eigenvalue weighted by atomic mass is 10.1. The molecule has 124 valence electrons. The fourth-order valence-corrected chi connectivity index (χ4v) is 3.32. The predicted octanol–water partition coefficient (Wildman–Crippen LogP) is 5.02. The van der Waals surface area contributed by atoms with Crippen molar-refractivity contribution in [3.05, 3.63) is 71.9 Å². The van der Waals surface area contributed by atoms with Crippen molar-refractivity contribution in [2.24, 2.45) is 0 Å². The van der Waals surface area contributed by atoms with E-state index in [9.17, 15) is 4.79 Å². The first-order valence-corrected chi connectivity index (χ1v) is 8.73. The third kappa shape index (κ3) is 3.25. The van der Waals surface area contributed by atoms with Crippen molar-refractivity contribution in [1.82, 2.24) is 9.38 Å². The fourth-order valence-electron chi connectivity index (χ4n) is 2.62. The molecule has 0 atom stereocenters. The minimum absolute atomic E-state index is 0.266. The average Bonchev–Trinajstić information content (AvgIpc) is 3.19. The van der Waals surface area contributed by atoms with Gasteiger partial charge in [-0.3, -0.25) is 4.40 Å². The number of imidazole rings is 1. The summed E-state index contributed by atoms with van der Waals surface area (Å²) in [5.74, 6) is 0. The second-order valence-electron chi connectivity index (χ2n) is 5.69. The van der Waals surface area contributed by atoms with Crippen LogP contribution in [-0.4, -0.2) is 15.4 Å². The van der Waals surface area contributed by atoms with Crippen LogP contribution in [0.15, 0.2) is 66.3 Å². The summed E-state index contributed by atoms with van der Waals surface area (Å²) in [6.45, 7) is 1.96. The minimum Gasteiger partial charge on any atom is -0.308 e. The largest absolute Gasteiger partial charge is 0.323 e. The number of nitrogens with zero attached hydrogens (tertiary/aromatic N) is 2.